The molecule has 17 heavy (non-hydrogen) atoms. The summed E-state index contributed by atoms with van der Waals surface area (Å²) in [5.74, 6) is 0.695. The molecule has 0 aliphatic heterocycles. The largest absolute Gasteiger partial charge is 0.345 e. The topological polar surface area (TPSA) is 58.6 Å². The molecule has 0 aliphatic carbocycles. The van der Waals surface area contributed by atoms with Crippen molar-refractivity contribution in [1.82, 2.24) is 15.0 Å². The number of fused-ring (bicyclic) bond motifs is 1. The van der Waals surface area contributed by atoms with Crippen LogP contribution in [0.15, 0.2) is 23.7 Å². The molecule has 0 amide bonds. The molecule has 0 fully saturated rings. The zero-order valence-corrected chi connectivity index (χ0v) is 9.91. The first kappa shape index (κ1) is 10.2. The average Bonchev–Trinajstić information content (AvgIpc) is 2.96. The molecule has 0 aromatic carbocycles. The average molecular weight is 243 g/mol. The van der Waals surface area contributed by atoms with Gasteiger partial charge in [0.15, 0.2) is 6.29 Å². The van der Waals surface area contributed by atoms with Gasteiger partial charge in [0, 0.05) is 11.8 Å². The maximum absolute atomic E-state index is 11.0. The predicted molar refractivity (Wildman–Crippen MR) is 67.3 cm³/mol. The third-order valence-corrected chi connectivity index (χ3v) is 3.43. The summed E-state index contributed by atoms with van der Waals surface area (Å²) in [6, 6.07) is 3.96. The highest BCUT2D eigenvalue weighted by molar-refractivity contribution is 7.13. The number of aldehydes is 1. The second kappa shape index (κ2) is 3.78. The maximum atomic E-state index is 11.0. The van der Waals surface area contributed by atoms with Crippen LogP contribution in [-0.4, -0.2) is 21.2 Å². The Morgan fingerprint density at radius 1 is 1.41 bits per heavy atom. The van der Waals surface area contributed by atoms with Crippen LogP contribution in [0, 0.1) is 6.92 Å². The lowest BCUT2D eigenvalue weighted by Crippen LogP contribution is -1.92. The third kappa shape index (κ3) is 1.55. The van der Waals surface area contributed by atoms with Crippen LogP contribution in [0.25, 0.3) is 21.6 Å². The number of aromatic nitrogens is 3. The number of nitrogens with zero attached hydrogens (tertiary/aromatic N) is 2. The molecule has 3 aromatic rings. The van der Waals surface area contributed by atoms with Crippen molar-refractivity contribution in [2.24, 2.45) is 0 Å². The van der Waals surface area contributed by atoms with Crippen molar-refractivity contribution in [2.75, 3.05) is 0 Å². The minimum absolute atomic E-state index is 0.600. The first-order chi connectivity index (χ1) is 8.29. The molecule has 0 saturated carbocycles. The fourth-order valence-corrected chi connectivity index (χ4v) is 2.57. The van der Waals surface area contributed by atoms with Crippen LogP contribution in [0.5, 0.6) is 0 Å². The monoisotopic (exact) mass is 243 g/mol. The Hall–Kier alpha value is -2.01. The minimum atomic E-state index is 0.600. The molecule has 0 unspecified atom stereocenters. The van der Waals surface area contributed by atoms with E-state index in [4.69, 9.17) is 0 Å². The van der Waals surface area contributed by atoms with Gasteiger partial charge < -0.3 is 4.98 Å². The Bertz CT molecular complexity index is 685. The number of H-pyrrole nitrogens is 1. The van der Waals surface area contributed by atoms with E-state index in [1.807, 2.05) is 24.4 Å². The lowest BCUT2D eigenvalue weighted by Gasteiger charge is -2.01. The molecule has 0 bridgehead atoms. The summed E-state index contributed by atoms with van der Waals surface area (Å²) in [5.41, 5.74) is 2.14. The van der Waals surface area contributed by atoms with E-state index in [0.29, 0.717) is 17.0 Å². The van der Waals surface area contributed by atoms with Crippen LogP contribution in [0.4, 0.5) is 0 Å². The summed E-state index contributed by atoms with van der Waals surface area (Å²) < 4.78 is 0. The number of aromatic amines is 1. The number of thiophene rings is 1. The standard InChI is InChI=1S/C12H9N3OS/c1-7-14-11(9-3-2-4-17-9)10-8(6-16)5-13-12(10)15-7/h2-6H,1H3,(H,13,14,15). The molecule has 0 radical (unpaired) electrons. The fraction of sp³-hybridized carbons (Fsp3) is 0.0833. The van der Waals surface area contributed by atoms with Crippen molar-refractivity contribution in [3.8, 4) is 10.6 Å². The summed E-state index contributed by atoms with van der Waals surface area (Å²) in [4.78, 5) is 23.8. The van der Waals surface area contributed by atoms with E-state index < -0.39 is 0 Å². The van der Waals surface area contributed by atoms with Gasteiger partial charge in [0.2, 0.25) is 0 Å². The van der Waals surface area contributed by atoms with Crippen LogP contribution < -0.4 is 0 Å². The molecule has 3 rings (SSSR count). The van der Waals surface area contributed by atoms with Gasteiger partial charge in [-0.1, -0.05) is 6.07 Å². The molecule has 4 nitrogen and oxygen atoms in total. The molecular weight excluding hydrogens is 234 g/mol. The number of nitrogens with one attached hydrogen (secondary N) is 1. The van der Waals surface area contributed by atoms with Gasteiger partial charge in [-0.15, -0.1) is 11.3 Å². The molecule has 84 valence electrons. The van der Waals surface area contributed by atoms with Crippen LogP contribution in [0.3, 0.4) is 0 Å². The van der Waals surface area contributed by atoms with Gasteiger partial charge in [0.1, 0.15) is 11.5 Å². The van der Waals surface area contributed by atoms with E-state index in [-0.39, 0.29) is 0 Å². The van der Waals surface area contributed by atoms with Crippen molar-refractivity contribution in [1.29, 1.82) is 0 Å². The lowest BCUT2D eigenvalue weighted by atomic mass is 10.2. The van der Waals surface area contributed by atoms with Gasteiger partial charge >= 0.3 is 0 Å². The third-order valence-electron chi connectivity index (χ3n) is 2.56. The summed E-state index contributed by atoms with van der Waals surface area (Å²) in [6.07, 6.45) is 2.50. The van der Waals surface area contributed by atoms with E-state index >= 15 is 0 Å². The van der Waals surface area contributed by atoms with Gasteiger partial charge in [-0.2, -0.15) is 0 Å². The Morgan fingerprint density at radius 2 is 2.29 bits per heavy atom. The van der Waals surface area contributed by atoms with E-state index in [9.17, 15) is 4.79 Å². The quantitative estimate of drug-likeness (QED) is 0.704. The molecule has 0 atom stereocenters. The molecule has 5 heteroatoms. The summed E-state index contributed by atoms with van der Waals surface area (Å²) in [5, 5.41) is 2.79. The van der Waals surface area contributed by atoms with E-state index in [1.165, 1.54) is 0 Å². The molecular formula is C12H9N3OS. The number of aryl methyl sites for hydroxylation is 1. The fourth-order valence-electron chi connectivity index (χ4n) is 1.85. The van der Waals surface area contributed by atoms with E-state index in [2.05, 4.69) is 15.0 Å². The Labute approximate surface area is 101 Å². The molecule has 1 N–H and O–H groups in total. The van der Waals surface area contributed by atoms with Gasteiger partial charge in [-0.05, 0) is 18.4 Å². The lowest BCUT2D eigenvalue weighted by molar-refractivity contribution is 0.112. The molecule has 0 aliphatic rings. The van der Waals surface area contributed by atoms with Crippen molar-refractivity contribution in [3.63, 3.8) is 0 Å². The number of carbonyl (C=O) groups excluding carboxylic acids is 1. The van der Waals surface area contributed by atoms with Crippen molar-refractivity contribution in [2.45, 2.75) is 6.92 Å². The number of hydrogen-bond acceptors (Lipinski definition) is 4. The Kier molecular flexibility index (Phi) is 2.26. The highest BCUT2D eigenvalue weighted by atomic mass is 32.1. The maximum Gasteiger partial charge on any atom is 0.152 e. The summed E-state index contributed by atoms with van der Waals surface area (Å²) in [6.45, 7) is 1.85. The number of hydrogen-bond donors (Lipinski definition) is 1. The van der Waals surface area contributed by atoms with Gasteiger partial charge in [0.05, 0.1) is 16.0 Å². The predicted octanol–water partition coefficient (Wildman–Crippen LogP) is 2.81. The second-order valence-electron chi connectivity index (χ2n) is 3.68. The molecule has 0 spiro atoms. The SMILES string of the molecule is Cc1nc(-c2cccs2)c2c(C=O)c[nH]c2n1. The van der Waals surface area contributed by atoms with Gasteiger partial charge in [0.25, 0.3) is 0 Å². The second-order valence-corrected chi connectivity index (χ2v) is 4.63. The minimum Gasteiger partial charge on any atom is -0.345 e. The summed E-state index contributed by atoms with van der Waals surface area (Å²) in [7, 11) is 0. The zero-order chi connectivity index (χ0) is 11.8. The van der Waals surface area contributed by atoms with E-state index in [1.54, 1.807) is 17.5 Å². The number of rotatable bonds is 2. The normalized spacial score (nSPS) is 10.9. The smallest absolute Gasteiger partial charge is 0.152 e. The van der Waals surface area contributed by atoms with E-state index in [0.717, 1.165) is 22.2 Å². The Morgan fingerprint density at radius 3 is 3.00 bits per heavy atom. The highest BCUT2D eigenvalue weighted by Gasteiger charge is 2.14. The van der Waals surface area contributed by atoms with Gasteiger partial charge in [-0.3, -0.25) is 4.79 Å². The zero-order valence-electron chi connectivity index (χ0n) is 9.10. The number of carbonyl (C=O) groups is 1. The first-order valence-electron chi connectivity index (χ1n) is 5.14. The Balaban J connectivity index is 2.42. The van der Waals surface area contributed by atoms with Crippen LogP contribution in [-0.2, 0) is 0 Å². The highest BCUT2D eigenvalue weighted by Crippen LogP contribution is 2.30. The molecule has 3 aromatic heterocycles. The van der Waals surface area contributed by atoms with Crippen LogP contribution in [0.1, 0.15) is 16.2 Å². The van der Waals surface area contributed by atoms with Gasteiger partial charge in [-0.25, -0.2) is 9.97 Å². The van der Waals surface area contributed by atoms with Crippen molar-refractivity contribution < 1.29 is 4.79 Å². The van der Waals surface area contributed by atoms with Crippen LogP contribution in [0.2, 0.25) is 0 Å². The summed E-state index contributed by atoms with van der Waals surface area (Å²) >= 11 is 1.60. The van der Waals surface area contributed by atoms with Crippen LogP contribution >= 0.6 is 11.3 Å². The van der Waals surface area contributed by atoms with Crippen molar-refractivity contribution in [3.05, 3.63) is 35.1 Å². The first-order valence-corrected chi connectivity index (χ1v) is 6.02. The molecule has 3 heterocycles. The molecule has 0 saturated heterocycles. The van der Waals surface area contributed by atoms with Crippen molar-refractivity contribution >= 4 is 28.7 Å².